The number of carbonyl (C=O) groups is 1. The van der Waals surface area contributed by atoms with Crippen LogP contribution in [0.2, 0.25) is 0 Å². The number of piperidine rings is 1. The lowest BCUT2D eigenvalue weighted by Gasteiger charge is -2.31. The minimum atomic E-state index is 0.176. The van der Waals surface area contributed by atoms with E-state index in [9.17, 15) is 4.79 Å². The molecule has 7 heteroatoms. The predicted octanol–water partition coefficient (Wildman–Crippen LogP) is 4.81. The molecule has 1 amide bonds. The van der Waals surface area contributed by atoms with Crippen molar-refractivity contribution in [3.63, 3.8) is 0 Å². The van der Waals surface area contributed by atoms with Crippen LogP contribution in [-0.2, 0) is 19.4 Å². The Bertz CT molecular complexity index is 1120. The van der Waals surface area contributed by atoms with Crippen molar-refractivity contribution in [2.45, 2.75) is 45.1 Å². The Balaban J connectivity index is 1.32. The van der Waals surface area contributed by atoms with Crippen molar-refractivity contribution in [3.05, 3.63) is 56.9 Å². The molecule has 5 nitrogen and oxygen atoms in total. The number of carbonyl (C=O) groups excluding carboxylic acids is 1. The topological polar surface area (TPSA) is 53.9 Å². The minimum absolute atomic E-state index is 0.176. The van der Waals surface area contributed by atoms with E-state index in [1.165, 1.54) is 21.6 Å². The molecule has 0 unspecified atom stereocenters. The van der Waals surface area contributed by atoms with Gasteiger partial charge in [-0.2, -0.15) is 5.10 Å². The number of hydrogen-bond acceptors (Lipinski definition) is 4. The predicted molar refractivity (Wildman–Crippen MR) is 118 cm³/mol. The van der Waals surface area contributed by atoms with Gasteiger partial charge in [0.2, 0.25) is 0 Å². The van der Waals surface area contributed by atoms with E-state index in [-0.39, 0.29) is 5.91 Å². The quantitative estimate of drug-likeness (QED) is 0.614. The molecule has 1 fully saturated rings. The van der Waals surface area contributed by atoms with E-state index in [1.54, 1.807) is 11.3 Å². The van der Waals surface area contributed by atoms with Gasteiger partial charge in [-0.05, 0) is 67.6 Å². The summed E-state index contributed by atoms with van der Waals surface area (Å²) in [6.07, 6.45) is 3.95. The van der Waals surface area contributed by atoms with Gasteiger partial charge < -0.3 is 9.47 Å². The zero-order valence-electron chi connectivity index (χ0n) is 16.5. The molecule has 1 aliphatic heterocycles. The first-order chi connectivity index (χ1) is 14.2. The Hall–Kier alpha value is -2.25. The van der Waals surface area contributed by atoms with Crippen LogP contribution in [0.4, 0.5) is 0 Å². The number of aryl methyl sites for hydroxylation is 2. The van der Waals surface area contributed by atoms with Crippen LogP contribution in [-0.4, -0.2) is 38.7 Å². The summed E-state index contributed by atoms with van der Waals surface area (Å²) in [6.45, 7) is 4.45. The molecule has 0 bridgehead atoms. The Morgan fingerprint density at radius 2 is 2.00 bits per heavy atom. The fraction of sp³-hybridized carbons (Fsp3) is 0.409. The van der Waals surface area contributed by atoms with Crippen molar-refractivity contribution in [2.24, 2.45) is 0 Å². The molecule has 150 valence electrons. The van der Waals surface area contributed by atoms with Crippen molar-refractivity contribution in [2.75, 3.05) is 13.1 Å². The highest BCUT2D eigenvalue weighted by Crippen LogP contribution is 2.40. The summed E-state index contributed by atoms with van der Waals surface area (Å²) in [5, 5.41) is 7.37. The molecule has 2 aliphatic rings. The van der Waals surface area contributed by atoms with Gasteiger partial charge in [0.05, 0.1) is 4.88 Å². The number of rotatable bonds is 3. The molecule has 1 N–H and O–H groups in total. The zero-order valence-corrected chi connectivity index (χ0v) is 18.1. The van der Waals surface area contributed by atoms with E-state index < -0.39 is 0 Å². The second-order valence-corrected chi connectivity index (χ2v) is 9.26. The van der Waals surface area contributed by atoms with Gasteiger partial charge in [-0.25, -0.2) is 0 Å². The molecule has 0 saturated carbocycles. The van der Waals surface area contributed by atoms with Crippen LogP contribution >= 0.6 is 23.6 Å². The molecular formula is C22H24N4OS2. The van der Waals surface area contributed by atoms with Gasteiger partial charge in [0.25, 0.3) is 5.91 Å². The van der Waals surface area contributed by atoms with Crippen LogP contribution in [0.5, 0.6) is 0 Å². The normalized spacial score (nSPS) is 16.5. The first kappa shape index (κ1) is 18.8. The molecular weight excluding hydrogens is 400 g/mol. The van der Waals surface area contributed by atoms with Gasteiger partial charge in [0, 0.05) is 30.4 Å². The monoisotopic (exact) mass is 424 g/mol. The fourth-order valence-corrected chi connectivity index (χ4v) is 6.13. The van der Waals surface area contributed by atoms with Gasteiger partial charge in [-0.1, -0.05) is 24.3 Å². The Kier molecular flexibility index (Phi) is 4.87. The van der Waals surface area contributed by atoms with E-state index in [1.807, 2.05) is 4.90 Å². The average molecular weight is 425 g/mol. The van der Waals surface area contributed by atoms with Crippen molar-refractivity contribution >= 4 is 29.5 Å². The second kappa shape index (κ2) is 7.54. The van der Waals surface area contributed by atoms with E-state index in [0.717, 1.165) is 56.0 Å². The molecule has 3 aromatic rings. The number of aromatic amines is 1. The van der Waals surface area contributed by atoms with Gasteiger partial charge in [-0.15, -0.1) is 11.3 Å². The lowest BCUT2D eigenvalue weighted by Crippen LogP contribution is -2.38. The Labute approximate surface area is 179 Å². The lowest BCUT2D eigenvalue weighted by molar-refractivity contribution is 0.0715. The Morgan fingerprint density at radius 1 is 1.24 bits per heavy atom. The molecule has 0 atom stereocenters. The third kappa shape index (κ3) is 3.26. The van der Waals surface area contributed by atoms with Gasteiger partial charge in [0.15, 0.2) is 4.77 Å². The fourth-order valence-electron chi connectivity index (χ4n) is 4.62. The van der Waals surface area contributed by atoms with Crippen LogP contribution < -0.4 is 0 Å². The van der Waals surface area contributed by atoms with Crippen LogP contribution in [0, 0.1) is 4.77 Å². The van der Waals surface area contributed by atoms with Crippen molar-refractivity contribution in [1.29, 1.82) is 0 Å². The Morgan fingerprint density at radius 3 is 2.79 bits per heavy atom. The van der Waals surface area contributed by atoms with Gasteiger partial charge in [0.1, 0.15) is 5.82 Å². The highest BCUT2D eigenvalue weighted by atomic mass is 32.1. The average Bonchev–Trinajstić information content (AvgIpc) is 3.37. The number of benzene rings is 1. The third-order valence-electron chi connectivity index (χ3n) is 6.20. The summed E-state index contributed by atoms with van der Waals surface area (Å²) in [4.78, 5) is 17.4. The summed E-state index contributed by atoms with van der Waals surface area (Å²) in [5.41, 5.74) is 4.02. The number of fused-ring (bicyclic) bond motifs is 3. The molecule has 1 aromatic carbocycles. The summed E-state index contributed by atoms with van der Waals surface area (Å²) in [5.74, 6) is 1.57. The summed E-state index contributed by atoms with van der Waals surface area (Å²) >= 11 is 6.98. The van der Waals surface area contributed by atoms with Crippen LogP contribution in [0.1, 0.15) is 52.3 Å². The summed E-state index contributed by atoms with van der Waals surface area (Å²) < 4.78 is 2.76. The van der Waals surface area contributed by atoms with E-state index in [0.29, 0.717) is 10.7 Å². The maximum Gasteiger partial charge on any atom is 0.263 e. The molecule has 29 heavy (non-hydrogen) atoms. The molecule has 0 spiro atoms. The highest BCUT2D eigenvalue weighted by Gasteiger charge is 2.29. The third-order valence-corrected chi connectivity index (χ3v) is 7.71. The van der Waals surface area contributed by atoms with Gasteiger partial charge in [-0.3, -0.25) is 9.89 Å². The molecule has 0 radical (unpaired) electrons. The zero-order chi connectivity index (χ0) is 20.0. The molecule has 1 aliphatic carbocycles. The largest absolute Gasteiger partial charge is 0.338 e. The number of hydrogen-bond donors (Lipinski definition) is 1. The van der Waals surface area contributed by atoms with Crippen molar-refractivity contribution in [3.8, 4) is 10.4 Å². The van der Waals surface area contributed by atoms with Crippen LogP contribution in [0.15, 0.2) is 30.3 Å². The van der Waals surface area contributed by atoms with E-state index >= 15 is 0 Å². The molecule has 3 heterocycles. The number of nitrogens with zero attached hydrogens (tertiary/aromatic N) is 3. The van der Waals surface area contributed by atoms with E-state index in [2.05, 4.69) is 52.0 Å². The highest BCUT2D eigenvalue weighted by molar-refractivity contribution is 7.71. The number of amides is 1. The van der Waals surface area contributed by atoms with Crippen LogP contribution in [0.25, 0.3) is 10.4 Å². The lowest BCUT2D eigenvalue weighted by atomic mass is 9.91. The van der Waals surface area contributed by atoms with Crippen molar-refractivity contribution in [1.82, 2.24) is 19.7 Å². The maximum absolute atomic E-state index is 13.2. The first-order valence-electron chi connectivity index (χ1n) is 10.3. The smallest absolute Gasteiger partial charge is 0.263 e. The number of H-pyrrole nitrogens is 1. The van der Waals surface area contributed by atoms with Crippen LogP contribution in [0.3, 0.4) is 0 Å². The first-order valence-corrected chi connectivity index (χ1v) is 11.5. The maximum atomic E-state index is 13.2. The van der Waals surface area contributed by atoms with Crippen molar-refractivity contribution < 1.29 is 4.79 Å². The summed E-state index contributed by atoms with van der Waals surface area (Å²) in [7, 11) is 0. The second-order valence-electron chi connectivity index (χ2n) is 7.82. The number of nitrogens with one attached hydrogen (secondary N) is 1. The molecule has 5 rings (SSSR count). The number of likely N-dealkylation sites (tertiary alicyclic amines) is 1. The van der Waals surface area contributed by atoms with E-state index in [4.69, 9.17) is 12.2 Å². The van der Waals surface area contributed by atoms with Gasteiger partial charge >= 0.3 is 0 Å². The number of aromatic nitrogens is 3. The molecule has 2 aromatic heterocycles. The summed E-state index contributed by atoms with van der Waals surface area (Å²) in [6, 6.07) is 10.7. The molecule has 1 saturated heterocycles. The SMILES string of the molecule is CCn1c(C2CCN(C(=O)c3cc4c(s3)-c3ccccc3CC4)CC2)n[nH]c1=S. The number of thiophene rings is 1. The standard InChI is InChI=1S/C22H24N4OS2/c1-2-26-20(23-24-22(26)28)15-9-11-25(12-10-15)21(27)18-13-16-8-7-14-5-3-4-6-17(14)19(16)29-18/h3-6,13,15H,2,7-12H2,1H3,(H,24,28). The minimum Gasteiger partial charge on any atom is -0.338 e.